The zero-order valence-electron chi connectivity index (χ0n) is 11.3. The van der Waals surface area contributed by atoms with E-state index in [9.17, 15) is 9.59 Å². The average molecular weight is 420 g/mol. The van der Waals surface area contributed by atoms with Crippen LogP contribution in [0.15, 0.2) is 21.1 Å². The molecule has 1 rings (SSSR count). The fraction of sp³-hybridized carbons (Fsp3) is 0.250. The van der Waals surface area contributed by atoms with Crippen LogP contribution in [0.25, 0.3) is 0 Å². The summed E-state index contributed by atoms with van der Waals surface area (Å²) >= 11 is 6.49. The molecular formula is C12H12Br2N4O3. The summed E-state index contributed by atoms with van der Waals surface area (Å²) in [6.45, 7) is -0.325. The number of nitrogens with two attached hydrogens (primary N) is 1. The number of nitriles is 1. The molecule has 0 bridgehead atoms. The van der Waals surface area contributed by atoms with E-state index in [2.05, 4.69) is 36.6 Å². The summed E-state index contributed by atoms with van der Waals surface area (Å²) in [4.78, 5) is 24.1. The fourth-order valence-corrected chi connectivity index (χ4v) is 2.74. The summed E-state index contributed by atoms with van der Waals surface area (Å²) in [5, 5.41) is 10.7. The van der Waals surface area contributed by atoms with Crippen LogP contribution in [0, 0.1) is 11.3 Å². The maximum absolute atomic E-state index is 12.5. The maximum Gasteiger partial charge on any atom is 0.428 e. The third-order valence-electron chi connectivity index (χ3n) is 2.58. The van der Waals surface area contributed by atoms with Crippen LogP contribution in [0.3, 0.4) is 0 Å². The number of nitrogen functional groups attached to an aromatic ring is 1. The number of anilines is 1. The molecular weight excluding hydrogens is 408 g/mol. The predicted octanol–water partition coefficient (Wildman–Crippen LogP) is 2.37. The zero-order valence-corrected chi connectivity index (χ0v) is 14.4. The van der Waals surface area contributed by atoms with Gasteiger partial charge in [0.1, 0.15) is 6.54 Å². The number of hydrazine groups is 1. The van der Waals surface area contributed by atoms with E-state index in [1.54, 1.807) is 6.07 Å². The van der Waals surface area contributed by atoms with Gasteiger partial charge in [-0.3, -0.25) is 4.79 Å². The van der Waals surface area contributed by atoms with E-state index < -0.39 is 12.0 Å². The van der Waals surface area contributed by atoms with E-state index in [4.69, 9.17) is 11.0 Å². The molecule has 0 saturated heterocycles. The van der Waals surface area contributed by atoms with Gasteiger partial charge in [0.05, 0.1) is 24.4 Å². The van der Waals surface area contributed by atoms with Crippen LogP contribution in [0.5, 0.6) is 0 Å². The monoisotopic (exact) mass is 418 g/mol. The van der Waals surface area contributed by atoms with Crippen molar-refractivity contribution in [1.29, 1.82) is 5.26 Å². The highest BCUT2D eigenvalue weighted by molar-refractivity contribution is 9.11. The van der Waals surface area contributed by atoms with Crippen LogP contribution in [-0.2, 0) is 4.74 Å². The first-order valence-electron chi connectivity index (χ1n) is 5.58. The SMILES string of the molecule is COC(=O)N(C)N(CC#N)C(=O)c1cc(Br)cc(Br)c1N. The molecule has 112 valence electrons. The highest BCUT2D eigenvalue weighted by Gasteiger charge is 2.26. The van der Waals surface area contributed by atoms with Crippen LogP contribution in [0.4, 0.5) is 10.5 Å². The Balaban J connectivity index is 3.25. The summed E-state index contributed by atoms with van der Waals surface area (Å²) in [5.74, 6) is -0.594. The Morgan fingerprint density at radius 1 is 1.43 bits per heavy atom. The highest BCUT2D eigenvalue weighted by Crippen LogP contribution is 2.29. The molecule has 0 aliphatic rings. The molecule has 0 heterocycles. The quantitative estimate of drug-likeness (QED) is 0.450. The summed E-state index contributed by atoms with van der Waals surface area (Å²) in [6, 6.07) is 5.02. The van der Waals surface area contributed by atoms with Gasteiger partial charge in [0.25, 0.3) is 5.91 Å². The molecule has 2 amide bonds. The largest absolute Gasteiger partial charge is 0.452 e. The minimum atomic E-state index is -0.772. The Labute approximate surface area is 138 Å². The molecule has 0 aromatic heterocycles. The number of ether oxygens (including phenoxy) is 1. The molecule has 0 unspecified atom stereocenters. The Morgan fingerprint density at radius 3 is 2.57 bits per heavy atom. The molecule has 0 atom stereocenters. The molecule has 1 aromatic rings. The molecule has 21 heavy (non-hydrogen) atoms. The molecule has 0 fully saturated rings. The van der Waals surface area contributed by atoms with Crippen molar-refractivity contribution in [3.8, 4) is 6.07 Å². The first kappa shape index (κ1) is 17.3. The molecule has 0 aliphatic carbocycles. The first-order valence-corrected chi connectivity index (χ1v) is 7.17. The smallest absolute Gasteiger partial charge is 0.428 e. The Morgan fingerprint density at radius 2 is 2.05 bits per heavy atom. The summed E-state index contributed by atoms with van der Waals surface area (Å²) in [6.07, 6.45) is -0.772. The molecule has 7 nitrogen and oxygen atoms in total. The number of carbonyl (C=O) groups is 2. The minimum absolute atomic E-state index is 0.155. The molecule has 0 saturated carbocycles. The van der Waals surface area contributed by atoms with Crippen LogP contribution in [0.1, 0.15) is 10.4 Å². The Kier molecular flexibility index (Phi) is 5.99. The van der Waals surface area contributed by atoms with Gasteiger partial charge in [-0.1, -0.05) is 15.9 Å². The fourth-order valence-electron chi connectivity index (χ4n) is 1.51. The van der Waals surface area contributed by atoms with Crippen molar-refractivity contribution >= 4 is 49.5 Å². The minimum Gasteiger partial charge on any atom is -0.452 e. The second-order valence-electron chi connectivity index (χ2n) is 3.86. The van der Waals surface area contributed by atoms with Gasteiger partial charge in [0.15, 0.2) is 0 Å². The average Bonchev–Trinajstić information content (AvgIpc) is 2.46. The molecule has 9 heteroatoms. The summed E-state index contributed by atoms with van der Waals surface area (Å²) < 4.78 is 5.69. The number of halogens is 2. The van der Waals surface area contributed by atoms with Crippen molar-refractivity contribution in [1.82, 2.24) is 10.0 Å². The van der Waals surface area contributed by atoms with Crippen LogP contribution in [0.2, 0.25) is 0 Å². The predicted molar refractivity (Wildman–Crippen MR) is 83.1 cm³/mol. The van der Waals surface area contributed by atoms with Gasteiger partial charge in [0.2, 0.25) is 0 Å². The second kappa shape index (κ2) is 7.28. The van der Waals surface area contributed by atoms with E-state index >= 15 is 0 Å². The molecule has 2 N–H and O–H groups in total. The second-order valence-corrected chi connectivity index (χ2v) is 5.63. The van der Waals surface area contributed by atoms with Gasteiger partial charge in [-0.05, 0) is 28.1 Å². The number of hydrogen-bond donors (Lipinski definition) is 1. The van der Waals surface area contributed by atoms with Crippen molar-refractivity contribution in [2.24, 2.45) is 0 Å². The Hall–Kier alpha value is -1.79. The number of nitrogens with zero attached hydrogens (tertiary/aromatic N) is 3. The standard InChI is InChI=1S/C12H12Br2N4O3/c1-17(12(20)21-2)18(4-3-15)11(19)8-5-7(13)6-9(14)10(8)16/h5-6H,4,16H2,1-2H3. The normalized spacial score (nSPS) is 9.67. The number of carbonyl (C=O) groups excluding carboxylic acids is 2. The van der Waals surface area contributed by atoms with Gasteiger partial charge in [-0.2, -0.15) is 5.26 Å². The first-order chi connectivity index (χ1) is 9.83. The lowest BCUT2D eigenvalue weighted by Crippen LogP contribution is -2.47. The topological polar surface area (TPSA) is 99.7 Å². The number of benzene rings is 1. The van der Waals surface area contributed by atoms with Crippen molar-refractivity contribution in [2.75, 3.05) is 26.4 Å². The van der Waals surface area contributed by atoms with Crippen molar-refractivity contribution in [3.05, 3.63) is 26.6 Å². The number of methoxy groups -OCH3 is 1. The van der Waals surface area contributed by atoms with Crippen molar-refractivity contribution < 1.29 is 14.3 Å². The van der Waals surface area contributed by atoms with E-state index in [1.165, 1.54) is 20.2 Å². The van der Waals surface area contributed by atoms with E-state index in [0.717, 1.165) is 10.0 Å². The molecule has 0 radical (unpaired) electrons. The van der Waals surface area contributed by atoms with Gasteiger partial charge in [-0.25, -0.2) is 14.8 Å². The van der Waals surface area contributed by atoms with Crippen molar-refractivity contribution in [2.45, 2.75) is 0 Å². The molecule has 0 aliphatic heterocycles. The van der Waals surface area contributed by atoms with Gasteiger partial charge in [-0.15, -0.1) is 0 Å². The lowest BCUT2D eigenvalue weighted by atomic mass is 10.1. The third-order valence-corrected chi connectivity index (χ3v) is 3.69. The Bertz CT molecular complexity index is 615. The van der Waals surface area contributed by atoms with Gasteiger partial charge < -0.3 is 10.5 Å². The lowest BCUT2D eigenvalue weighted by molar-refractivity contribution is 0.0129. The number of rotatable bonds is 2. The molecule has 0 spiro atoms. The summed E-state index contributed by atoms with van der Waals surface area (Å²) in [7, 11) is 2.50. The van der Waals surface area contributed by atoms with Gasteiger partial charge >= 0.3 is 6.09 Å². The van der Waals surface area contributed by atoms with Crippen LogP contribution in [-0.4, -0.2) is 42.7 Å². The zero-order chi connectivity index (χ0) is 16.2. The highest BCUT2D eigenvalue weighted by atomic mass is 79.9. The van der Waals surface area contributed by atoms with E-state index in [0.29, 0.717) is 8.95 Å². The van der Waals surface area contributed by atoms with Crippen LogP contribution < -0.4 is 5.73 Å². The maximum atomic E-state index is 12.5. The van der Waals surface area contributed by atoms with Crippen molar-refractivity contribution in [3.63, 3.8) is 0 Å². The molecule has 1 aromatic carbocycles. The summed E-state index contributed by atoms with van der Waals surface area (Å²) in [5.41, 5.74) is 6.23. The third kappa shape index (κ3) is 3.86. The number of hydrogen-bond acceptors (Lipinski definition) is 5. The van der Waals surface area contributed by atoms with E-state index in [1.807, 2.05) is 6.07 Å². The van der Waals surface area contributed by atoms with Crippen LogP contribution >= 0.6 is 31.9 Å². The lowest BCUT2D eigenvalue weighted by Gasteiger charge is -2.29. The van der Waals surface area contributed by atoms with E-state index in [-0.39, 0.29) is 17.8 Å². The van der Waals surface area contributed by atoms with Gasteiger partial charge in [0, 0.05) is 16.0 Å². The number of amides is 2.